The van der Waals surface area contributed by atoms with E-state index in [0.717, 1.165) is 21.8 Å². The van der Waals surface area contributed by atoms with Crippen LogP contribution in [0.15, 0.2) is 74.5 Å². The van der Waals surface area contributed by atoms with Crippen molar-refractivity contribution in [3.63, 3.8) is 0 Å². The van der Waals surface area contributed by atoms with E-state index in [1.54, 1.807) is 30.3 Å². The van der Waals surface area contributed by atoms with Gasteiger partial charge in [0.15, 0.2) is 11.5 Å². The number of nitrogens with zero attached hydrogens (tertiary/aromatic N) is 1. The molecular formula is C25H18Br2FNO4S. The summed E-state index contributed by atoms with van der Waals surface area (Å²) >= 11 is 7.76. The highest BCUT2D eigenvalue weighted by atomic mass is 79.9. The molecule has 34 heavy (non-hydrogen) atoms. The van der Waals surface area contributed by atoms with E-state index >= 15 is 0 Å². The molecule has 1 heterocycles. The van der Waals surface area contributed by atoms with Gasteiger partial charge in [-0.2, -0.15) is 0 Å². The number of ether oxygens (including phenoxy) is 2. The predicted octanol–water partition coefficient (Wildman–Crippen LogP) is 7.17. The lowest BCUT2D eigenvalue weighted by Crippen LogP contribution is -2.27. The molecule has 1 saturated heterocycles. The minimum absolute atomic E-state index is 0.154. The van der Waals surface area contributed by atoms with Crippen molar-refractivity contribution < 1.29 is 23.5 Å². The topological polar surface area (TPSA) is 55.8 Å². The molecular weight excluding hydrogens is 589 g/mol. The Balaban J connectivity index is 1.53. The molecule has 1 fully saturated rings. The smallest absolute Gasteiger partial charge is 0.293 e. The van der Waals surface area contributed by atoms with Gasteiger partial charge in [0.25, 0.3) is 11.1 Å². The van der Waals surface area contributed by atoms with E-state index in [9.17, 15) is 14.0 Å². The summed E-state index contributed by atoms with van der Waals surface area (Å²) in [4.78, 5) is 26.9. The van der Waals surface area contributed by atoms with Crippen LogP contribution >= 0.6 is 43.6 Å². The number of halogens is 3. The zero-order chi connectivity index (χ0) is 24.2. The SMILES string of the molecule is COc1cc(/C=C2\SC(=O)N(Cc3ccc(Br)cc3)C2=O)cc(Br)c1OCc1cccc(F)c1. The summed E-state index contributed by atoms with van der Waals surface area (Å²) in [6, 6.07) is 17.1. The number of benzene rings is 3. The molecule has 0 aliphatic carbocycles. The van der Waals surface area contributed by atoms with Crippen LogP contribution in [0.3, 0.4) is 0 Å². The Morgan fingerprint density at radius 3 is 2.50 bits per heavy atom. The molecule has 0 spiro atoms. The molecule has 0 atom stereocenters. The lowest BCUT2D eigenvalue weighted by Gasteiger charge is -2.14. The number of carbonyl (C=O) groups is 2. The van der Waals surface area contributed by atoms with E-state index in [0.29, 0.717) is 32.0 Å². The van der Waals surface area contributed by atoms with Crippen LogP contribution in [0.4, 0.5) is 9.18 Å². The van der Waals surface area contributed by atoms with Gasteiger partial charge in [-0.05, 0) is 86.9 Å². The molecule has 4 rings (SSSR count). The van der Waals surface area contributed by atoms with Gasteiger partial charge in [0.2, 0.25) is 0 Å². The highest BCUT2D eigenvalue weighted by Crippen LogP contribution is 2.39. The predicted molar refractivity (Wildman–Crippen MR) is 137 cm³/mol. The molecule has 5 nitrogen and oxygen atoms in total. The maximum atomic E-state index is 13.4. The van der Waals surface area contributed by atoms with Gasteiger partial charge in [-0.25, -0.2) is 4.39 Å². The van der Waals surface area contributed by atoms with E-state index in [1.807, 2.05) is 24.3 Å². The van der Waals surface area contributed by atoms with Crippen molar-refractivity contribution in [1.82, 2.24) is 4.90 Å². The van der Waals surface area contributed by atoms with Gasteiger partial charge in [-0.15, -0.1) is 0 Å². The highest BCUT2D eigenvalue weighted by Gasteiger charge is 2.35. The maximum Gasteiger partial charge on any atom is 0.293 e. The molecule has 174 valence electrons. The third-order valence-corrected chi connectivity index (χ3v) is 6.97. The van der Waals surface area contributed by atoms with E-state index in [1.165, 1.54) is 24.1 Å². The fourth-order valence-electron chi connectivity index (χ4n) is 3.31. The Bertz CT molecular complexity index is 1280. The standard InChI is InChI=1S/C25H18Br2FNO4S/c1-32-21-11-17(10-20(27)23(21)33-14-16-3-2-4-19(28)9-16)12-22-24(30)29(25(31)34-22)13-15-5-7-18(26)8-6-15/h2-12H,13-14H2,1H3/b22-12-. The molecule has 3 aromatic carbocycles. The number of rotatable bonds is 7. The summed E-state index contributed by atoms with van der Waals surface area (Å²) in [7, 11) is 1.51. The summed E-state index contributed by atoms with van der Waals surface area (Å²) in [5.74, 6) is 0.203. The highest BCUT2D eigenvalue weighted by molar-refractivity contribution is 9.10. The minimum Gasteiger partial charge on any atom is -0.493 e. The third-order valence-electron chi connectivity index (χ3n) is 4.95. The van der Waals surface area contributed by atoms with Gasteiger partial charge in [0.05, 0.1) is 23.0 Å². The summed E-state index contributed by atoms with van der Waals surface area (Å²) in [5, 5.41) is -0.319. The normalized spacial score (nSPS) is 14.7. The molecule has 0 aromatic heterocycles. The molecule has 0 radical (unpaired) electrons. The van der Waals surface area contributed by atoms with Crippen molar-refractivity contribution in [3.05, 3.63) is 97.0 Å². The van der Waals surface area contributed by atoms with Gasteiger partial charge < -0.3 is 9.47 Å². The Labute approximate surface area is 217 Å². The summed E-state index contributed by atoms with van der Waals surface area (Å²) in [6.45, 7) is 0.357. The van der Waals surface area contributed by atoms with Gasteiger partial charge >= 0.3 is 0 Å². The molecule has 0 N–H and O–H groups in total. The number of carbonyl (C=O) groups excluding carboxylic acids is 2. The van der Waals surface area contributed by atoms with Crippen LogP contribution in [-0.2, 0) is 17.9 Å². The van der Waals surface area contributed by atoms with E-state index in [4.69, 9.17) is 9.47 Å². The number of amides is 2. The molecule has 3 aromatic rings. The number of thioether (sulfide) groups is 1. The largest absolute Gasteiger partial charge is 0.493 e. The number of methoxy groups -OCH3 is 1. The van der Waals surface area contributed by atoms with Crippen molar-refractivity contribution in [2.75, 3.05) is 7.11 Å². The average Bonchev–Trinajstić information content (AvgIpc) is 3.06. The average molecular weight is 607 g/mol. The quantitative estimate of drug-likeness (QED) is 0.267. The Morgan fingerprint density at radius 1 is 1.03 bits per heavy atom. The van der Waals surface area contributed by atoms with Crippen LogP contribution in [0.2, 0.25) is 0 Å². The fourth-order valence-corrected chi connectivity index (χ4v) is 4.98. The van der Waals surface area contributed by atoms with Crippen LogP contribution in [0.1, 0.15) is 16.7 Å². The van der Waals surface area contributed by atoms with Crippen LogP contribution in [0.5, 0.6) is 11.5 Å². The van der Waals surface area contributed by atoms with Crippen LogP contribution in [-0.4, -0.2) is 23.2 Å². The molecule has 1 aliphatic rings. The molecule has 0 unspecified atom stereocenters. The lowest BCUT2D eigenvalue weighted by atomic mass is 10.1. The molecule has 9 heteroatoms. The van der Waals surface area contributed by atoms with Crippen molar-refractivity contribution in [2.45, 2.75) is 13.2 Å². The number of imide groups is 1. The maximum absolute atomic E-state index is 13.4. The van der Waals surface area contributed by atoms with E-state index < -0.39 is 0 Å². The van der Waals surface area contributed by atoms with Gasteiger partial charge in [-0.1, -0.05) is 40.2 Å². The molecule has 0 bridgehead atoms. The first-order valence-electron chi connectivity index (χ1n) is 10.1. The summed E-state index contributed by atoms with van der Waals surface area (Å²) in [6.07, 6.45) is 1.65. The van der Waals surface area contributed by atoms with Crippen LogP contribution < -0.4 is 9.47 Å². The first-order chi connectivity index (χ1) is 16.3. The van der Waals surface area contributed by atoms with E-state index in [-0.39, 0.29) is 30.1 Å². The Morgan fingerprint density at radius 2 is 1.79 bits per heavy atom. The fraction of sp³-hybridized carbons (Fsp3) is 0.120. The zero-order valence-corrected chi connectivity index (χ0v) is 21.9. The first-order valence-corrected chi connectivity index (χ1v) is 12.5. The van der Waals surface area contributed by atoms with Gasteiger partial charge in [0.1, 0.15) is 12.4 Å². The number of hydrogen-bond acceptors (Lipinski definition) is 5. The van der Waals surface area contributed by atoms with Crippen LogP contribution in [0.25, 0.3) is 6.08 Å². The van der Waals surface area contributed by atoms with Gasteiger partial charge in [-0.3, -0.25) is 14.5 Å². The van der Waals surface area contributed by atoms with Crippen LogP contribution in [0, 0.1) is 5.82 Å². The summed E-state index contributed by atoms with van der Waals surface area (Å²) < 4.78 is 26.3. The second kappa shape index (κ2) is 10.8. The Kier molecular flexibility index (Phi) is 7.75. The molecule has 0 saturated carbocycles. The van der Waals surface area contributed by atoms with Crippen molar-refractivity contribution >= 4 is 60.8 Å². The molecule has 1 aliphatic heterocycles. The number of hydrogen-bond donors (Lipinski definition) is 0. The molecule has 2 amide bonds. The zero-order valence-electron chi connectivity index (χ0n) is 17.9. The lowest BCUT2D eigenvalue weighted by molar-refractivity contribution is -0.123. The van der Waals surface area contributed by atoms with Crippen molar-refractivity contribution in [3.8, 4) is 11.5 Å². The Hall–Kier alpha value is -2.62. The summed E-state index contributed by atoms with van der Waals surface area (Å²) in [5.41, 5.74) is 2.20. The van der Waals surface area contributed by atoms with E-state index in [2.05, 4.69) is 31.9 Å². The first kappa shape index (κ1) is 24.5. The second-order valence-corrected chi connectivity index (χ2v) is 10.1. The minimum atomic E-state index is -0.348. The van der Waals surface area contributed by atoms with Crippen molar-refractivity contribution in [2.24, 2.45) is 0 Å². The van der Waals surface area contributed by atoms with Crippen molar-refractivity contribution in [1.29, 1.82) is 0 Å². The monoisotopic (exact) mass is 605 g/mol. The second-order valence-electron chi connectivity index (χ2n) is 7.35. The van der Waals surface area contributed by atoms with Gasteiger partial charge in [0, 0.05) is 4.47 Å². The third kappa shape index (κ3) is 5.71.